The molecular formula is C28H28N2O7S. The molecule has 198 valence electrons. The summed E-state index contributed by atoms with van der Waals surface area (Å²) in [6.07, 6.45) is 1.82. The van der Waals surface area contributed by atoms with Crippen LogP contribution in [0.4, 0.5) is 0 Å². The fourth-order valence-corrected chi connectivity index (χ4v) is 5.69. The van der Waals surface area contributed by atoms with Crippen LogP contribution in [-0.2, 0) is 9.53 Å². The van der Waals surface area contributed by atoms with Crippen LogP contribution < -0.4 is 33.8 Å². The average molecular weight is 537 g/mol. The molecule has 0 radical (unpaired) electrons. The van der Waals surface area contributed by atoms with Crippen LogP contribution in [-0.4, -0.2) is 37.7 Å². The number of benzene rings is 2. The highest BCUT2D eigenvalue weighted by atomic mass is 32.1. The van der Waals surface area contributed by atoms with Gasteiger partial charge < -0.3 is 23.7 Å². The van der Waals surface area contributed by atoms with Crippen LogP contribution in [0.3, 0.4) is 0 Å². The molecule has 0 aliphatic carbocycles. The summed E-state index contributed by atoms with van der Waals surface area (Å²) >= 11 is 1.26. The minimum absolute atomic E-state index is 0.166. The summed E-state index contributed by atoms with van der Waals surface area (Å²) in [4.78, 5) is 32.3. The van der Waals surface area contributed by atoms with Crippen molar-refractivity contribution in [3.05, 3.63) is 78.0 Å². The number of methoxy groups -OCH3 is 1. The number of allylic oxidation sites excluding steroid dienone is 1. The number of aromatic nitrogens is 1. The van der Waals surface area contributed by atoms with Crippen molar-refractivity contribution in [3.63, 3.8) is 0 Å². The molecule has 3 aromatic rings. The summed E-state index contributed by atoms with van der Waals surface area (Å²) in [7, 11) is 1.55. The van der Waals surface area contributed by atoms with E-state index in [0.717, 1.165) is 11.1 Å². The van der Waals surface area contributed by atoms with E-state index in [1.165, 1.54) is 15.9 Å². The number of esters is 1. The first kappa shape index (κ1) is 25.6. The second kappa shape index (κ2) is 10.4. The van der Waals surface area contributed by atoms with E-state index in [-0.39, 0.29) is 24.5 Å². The molecule has 0 unspecified atom stereocenters. The number of rotatable bonds is 7. The third-order valence-electron chi connectivity index (χ3n) is 6.38. The molecule has 1 atom stereocenters. The fraction of sp³-hybridized carbons (Fsp3) is 0.321. The maximum atomic E-state index is 14.0. The van der Waals surface area contributed by atoms with Crippen molar-refractivity contribution in [2.24, 2.45) is 4.99 Å². The van der Waals surface area contributed by atoms with Crippen LogP contribution in [0.25, 0.3) is 6.08 Å². The first-order chi connectivity index (χ1) is 18.4. The minimum atomic E-state index is -0.818. The standard InChI is InChI=1S/C28H28N2O7S/c1-6-34-25-18(9-8-10-19(25)33-5)24-23(27(32)35-7-2)16(4)29-28-30(24)26(31)22(38-28)13-17-12-21-20(11-15(17)3)36-14-37-21/h8-13,24H,6-7,14H2,1-5H3/b22-13+/t24-/m0/s1. The maximum Gasteiger partial charge on any atom is 0.338 e. The van der Waals surface area contributed by atoms with Crippen molar-refractivity contribution in [3.8, 4) is 23.0 Å². The Balaban J connectivity index is 1.76. The second-order valence-corrected chi connectivity index (χ2v) is 9.69. The van der Waals surface area contributed by atoms with Crippen LogP contribution in [0.15, 0.2) is 51.4 Å². The summed E-state index contributed by atoms with van der Waals surface area (Å²) in [6, 6.07) is 8.35. The predicted molar refractivity (Wildman–Crippen MR) is 142 cm³/mol. The van der Waals surface area contributed by atoms with Gasteiger partial charge in [-0.2, -0.15) is 0 Å². The van der Waals surface area contributed by atoms with Gasteiger partial charge in [0.1, 0.15) is 6.04 Å². The van der Waals surface area contributed by atoms with E-state index in [1.54, 1.807) is 33.1 Å². The Morgan fingerprint density at radius 1 is 1.18 bits per heavy atom. The van der Waals surface area contributed by atoms with Crippen molar-refractivity contribution in [2.45, 2.75) is 33.7 Å². The topological polar surface area (TPSA) is 97.6 Å². The Hall–Kier alpha value is -4.05. The summed E-state index contributed by atoms with van der Waals surface area (Å²) in [6.45, 7) is 8.02. The highest BCUT2D eigenvalue weighted by Crippen LogP contribution is 2.41. The minimum Gasteiger partial charge on any atom is -0.493 e. The molecule has 0 spiro atoms. The van der Waals surface area contributed by atoms with Gasteiger partial charge in [0.2, 0.25) is 6.79 Å². The largest absolute Gasteiger partial charge is 0.493 e. The Morgan fingerprint density at radius 2 is 1.95 bits per heavy atom. The van der Waals surface area contributed by atoms with E-state index in [2.05, 4.69) is 4.99 Å². The summed E-state index contributed by atoms with van der Waals surface area (Å²) in [5.74, 6) is 1.73. The summed E-state index contributed by atoms with van der Waals surface area (Å²) in [5, 5.41) is 0. The Kier molecular flexibility index (Phi) is 6.98. The molecule has 0 saturated carbocycles. The molecule has 2 aliphatic heterocycles. The number of hydrogen-bond acceptors (Lipinski definition) is 9. The molecule has 38 heavy (non-hydrogen) atoms. The van der Waals surface area contributed by atoms with Crippen LogP contribution in [0.5, 0.6) is 23.0 Å². The molecule has 3 heterocycles. The fourth-order valence-electron chi connectivity index (χ4n) is 4.65. The molecule has 2 aliphatic rings. The van der Waals surface area contributed by atoms with Gasteiger partial charge in [-0.25, -0.2) is 9.79 Å². The van der Waals surface area contributed by atoms with Gasteiger partial charge in [-0.15, -0.1) is 0 Å². The number of carbonyl (C=O) groups is 1. The third-order valence-corrected chi connectivity index (χ3v) is 7.36. The third kappa shape index (κ3) is 4.34. The Labute approximate surface area is 223 Å². The molecule has 0 bridgehead atoms. The molecule has 5 rings (SSSR count). The van der Waals surface area contributed by atoms with Gasteiger partial charge in [-0.05, 0) is 63.1 Å². The lowest BCUT2D eigenvalue weighted by Gasteiger charge is -2.26. The lowest BCUT2D eigenvalue weighted by Crippen LogP contribution is -2.40. The molecule has 2 aromatic carbocycles. The number of thiazole rings is 1. The quantitative estimate of drug-likeness (QED) is 0.428. The number of hydrogen-bond donors (Lipinski definition) is 0. The summed E-state index contributed by atoms with van der Waals surface area (Å²) in [5.41, 5.74) is 2.84. The molecule has 0 fully saturated rings. The monoisotopic (exact) mass is 536 g/mol. The van der Waals surface area contributed by atoms with E-state index >= 15 is 0 Å². The number of aryl methyl sites for hydroxylation is 1. The van der Waals surface area contributed by atoms with E-state index < -0.39 is 12.0 Å². The van der Waals surface area contributed by atoms with E-state index in [1.807, 2.05) is 38.1 Å². The van der Waals surface area contributed by atoms with Crippen molar-refractivity contribution in [2.75, 3.05) is 27.1 Å². The highest BCUT2D eigenvalue weighted by Gasteiger charge is 2.36. The molecule has 0 N–H and O–H groups in total. The number of carbonyl (C=O) groups excluding carboxylic acids is 1. The van der Waals surface area contributed by atoms with E-state index in [4.69, 9.17) is 23.7 Å². The van der Waals surface area contributed by atoms with Gasteiger partial charge in [-0.1, -0.05) is 23.5 Å². The molecular weight excluding hydrogens is 508 g/mol. The van der Waals surface area contributed by atoms with Gasteiger partial charge in [0.15, 0.2) is 27.8 Å². The first-order valence-electron chi connectivity index (χ1n) is 12.3. The number of para-hydroxylation sites is 1. The average Bonchev–Trinajstić information content (AvgIpc) is 3.47. The van der Waals surface area contributed by atoms with Crippen LogP contribution in [0.2, 0.25) is 0 Å². The Bertz CT molecular complexity index is 1630. The lowest BCUT2D eigenvalue weighted by molar-refractivity contribution is -0.139. The Morgan fingerprint density at radius 3 is 2.66 bits per heavy atom. The molecule has 10 heteroatoms. The van der Waals surface area contributed by atoms with E-state index in [9.17, 15) is 9.59 Å². The highest BCUT2D eigenvalue weighted by molar-refractivity contribution is 7.07. The van der Waals surface area contributed by atoms with Gasteiger partial charge in [0.05, 0.1) is 36.1 Å². The zero-order chi connectivity index (χ0) is 27.0. The van der Waals surface area contributed by atoms with Crippen molar-refractivity contribution >= 4 is 23.4 Å². The van der Waals surface area contributed by atoms with Gasteiger partial charge in [-0.3, -0.25) is 9.36 Å². The molecule has 9 nitrogen and oxygen atoms in total. The van der Waals surface area contributed by atoms with Gasteiger partial charge in [0.25, 0.3) is 5.56 Å². The molecule has 1 aromatic heterocycles. The molecule has 0 saturated heterocycles. The number of nitrogens with zero attached hydrogens (tertiary/aromatic N) is 2. The van der Waals surface area contributed by atoms with Crippen LogP contribution in [0.1, 0.15) is 43.5 Å². The number of ether oxygens (including phenoxy) is 5. The van der Waals surface area contributed by atoms with E-state index in [0.29, 0.717) is 50.2 Å². The SMILES string of the molecule is CCOC(=O)C1=C(C)N=c2s/c(=C/c3cc4c(cc3C)OCO4)c(=O)n2[C@H]1c1cccc(OC)c1OCC. The normalized spacial score (nSPS) is 16.2. The van der Waals surface area contributed by atoms with Gasteiger partial charge >= 0.3 is 5.97 Å². The summed E-state index contributed by atoms with van der Waals surface area (Å²) < 4.78 is 29.9. The zero-order valence-corrected chi connectivity index (χ0v) is 22.6. The van der Waals surface area contributed by atoms with Crippen LogP contribution in [0, 0.1) is 6.92 Å². The van der Waals surface area contributed by atoms with Gasteiger partial charge in [0, 0.05) is 5.56 Å². The van der Waals surface area contributed by atoms with Crippen LogP contribution >= 0.6 is 11.3 Å². The van der Waals surface area contributed by atoms with Crippen molar-refractivity contribution in [1.29, 1.82) is 0 Å². The predicted octanol–water partition coefficient (Wildman–Crippen LogP) is 3.24. The smallest absolute Gasteiger partial charge is 0.338 e. The maximum absolute atomic E-state index is 14.0. The van der Waals surface area contributed by atoms with Crippen molar-refractivity contribution in [1.82, 2.24) is 4.57 Å². The first-order valence-corrected chi connectivity index (χ1v) is 13.1. The zero-order valence-electron chi connectivity index (χ0n) is 21.8. The number of fused-ring (bicyclic) bond motifs is 2. The van der Waals surface area contributed by atoms with Crippen molar-refractivity contribution < 1.29 is 28.5 Å². The second-order valence-electron chi connectivity index (χ2n) is 8.68. The molecule has 0 amide bonds. The lowest BCUT2D eigenvalue weighted by atomic mass is 9.94.